The third kappa shape index (κ3) is 5.29. The predicted molar refractivity (Wildman–Crippen MR) is 88.3 cm³/mol. The average Bonchev–Trinajstić information content (AvgIpc) is 2.46. The van der Waals surface area contributed by atoms with Gasteiger partial charge in [0.2, 0.25) is 5.91 Å². The number of esters is 1. The Hall–Kier alpha value is -1.06. The molecule has 1 aliphatic carbocycles. The molecule has 22 heavy (non-hydrogen) atoms. The molecule has 128 valence electrons. The van der Waals surface area contributed by atoms with E-state index in [0.29, 0.717) is 17.8 Å². The molecule has 4 heteroatoms. The third-order valence-corrected chi connectivity index (χ3v) is 4.96. The molecule has 0 aromatic carbocycles. The van der Waals surface area contributed by atoms with Crippen molar-refractivity contribution in [3.05, 3.63) is 0 Å². The van der Waals surface area contributed by atoms with Gasteiger partial charge < -0.3 is 10.1 Å². The van der Waals surface area contributed by atoms with Crippen molar-refractivity contribution in [2.45, 2.75) is 79.4 Å². The lowest BCUT2D eigenvalue weighted by atomic mass is 9.69. The number of rotatable bonds is 6. The fourth-order valence-corrected chi connectivity index (χ4v) is 3.27. The van der Waals surface area contributed by atoms with Gasteiger partial charge in [0.1, 0.15) is 6.04 Å². The molecule has 0 bridgehead atoms. The Morgan fingerprint density at radius 1 is 1.18 bits per heavy atom. The van der Waals surface area contributed by atoms with Crippen LogP contribution in [-0.2, 0) is 14.3 Å². The number of nitrogens with one attached hydrogen (secondary N) is 1. The van der Waals surface area contributed by atoms with E-state index in [2.05, 4.69) is 26.1 Å². The summed E-state index contributed by atoms with van der Waals surface area (Å²) in [7, 11) is 0. The molecule has 0 radical (unpaired) electrons. The maximum absolute atomic E-state index is 12.6. The Labute approximate surface area is 135 Å². The minimum Gasteiger partial charge on any atom is -0.461 e. The van der Waals surface area contributed by atoms with Crippen molar-refractivity contribution in [2.24, 2.45) is 23.7 Å². The highest BCUT2D eigenvalue weighted by Crippen LogP contribution is 2.38. The highest BCUT2D eigenvalue weighted by molar-refractivity contribution is 5.85. The summed E-state index contributed by atoms with van der Waals surface area (Å²) in [5.74, 6) is 1.17. The minimum atomic E-state index is -0.577. The number of amides is 1. The van der Waals surface area contributed by atoms with Gasteiger partial charge in [0, 0.05) is 5.92 Å². The number of carbonyl (C=O) groups is 2. The Balaban J connectivity index is 2.63. The maximum atomic E-state index is 12.6. The van der Waals surface area contributed by atoms with Gasteiger partial charge >= 0.3 is 5.97 Å². The van der Waals surface area contributed by atoms with Crippen LogP contribution < -0.4 is 5.32 Å². The maximum Gasteiger partial charge on any atom is 0.328 e. The summed E-state index contributed by atoms with van der Waals surface area (Å²) >= 11 is 0. The summed E-state index contributed by atoms with van der Waals surface area (Å²) in [5, 5.41) is 2.87. The molecule has 1 aliphatic rings. The lowest BCUT2D eigenvalue weighted by Gasteiger charge is -2.36. The van der Waals surface area contributed by atoms with Gasteiger partial charge in [-0.25, -0.2) is 4.79 Å². The first-order valence-electron chi connectivity index (χ1n) is 8.77. The zero-order valence-corrected chi connectivity index (χ0v) is 15.0. The van der Waals surface area contributed by atoms with Crippen molar-refractivity contribution in [3.8, 4) is 0 Å². The van der Waals surface area contributed by atoms with Crippen LogP contribution in [0, 0.1) is 23.7 Å². The van der Waals surface area contributed by atoms with Crippen LogP contribution in [0.15, 0.2) is 0 Å². The van der Waals surface area contributed by atoms with E-state index in [4.69, 9.17) is 4.74 Å². The van der Waals surface area contributed by atoms with Gasteiger partial charge in [0.05, 0.1) is 6.10 Å². The van der Waals surface area contributed by atoms with Crippen LogP contribution in [0.4, 0.5) is 0 Å². The Bertz CT molecular complexity index is 381. The van der Waals surface area contributed by atoms with E-state index in [-0.39, 0.29) is 23.9 Å². The molecule has 4 nitrogen and oxygen atoms in total. The predicted octanol–water partition coefficient (Wildman–Crippen LogP) is 3.54. The van der Waals surface area contributed by atoms with Crippen LogP contribution in [0.5, 0.6) is 0 Å². The first kappa shape index (κ1) is 19.0. The lowest BCUT2D eigenvalue weighted by Crippen LogP contribution is -2.46. The number of hydrogen-bond acceptors (Lipinski definition) is 3. The SMILES string of the molecule is CCC(C)OC(=O)[C@@H](C)NC(=O)[C@@H]1C[C@H](C)CC[C@H]1C(C)C. The zero-order chi connectivity index (χ0) is 16.9. The molecule has 0 aliphatic heterocycles. The molecule has 0 saturated heterocycles. The van der Waals surface area contributed by atoms with Crippen LogP contribution in [0.25, 0.3) is 0 Å². The molecule has 1 N–H and O–H groups in total. The van der Waals surface area contributed by atoms with E-state index in [1.54, 1.807) is 6.92 Å². The summed E-state index contributed by atoms with van der Waals surface area (Å²) < 4.78 is 5.29. The summed E-state index contributed by atoms with van der Waals surface area (Å²) in [6.07, 6.45) is 3.88. The van der Waals surface area contributed by atoms with E-state index in [0.717, 1.165) is 19.3 Å². The summed E-state index contributed by atoms with van der Waals surface area (Å²) in [5.41, 5.74) is 0. The quantitative estimate of drug-likeness (QED) is 0.763. The second kappa shape index (κ2) is 8.54. The van der Waals surface area contributed by atoms with Crippen LogP contribution in [0.2, 0.25) is 0 Å². The number of carbonyl (C=O) groups excluding carboxylic acids is 2. The summed E-state index contributed by atoms with van der Waals surface area (Å²) in [6.45, 7) is 12.1. The van der Waals surface area contributed by atoms with Crippen molar-refractivity contribution >= 4 is 11.9 Å². The van der Waals surface area contributed by atoms with Gasteiger partial charge in [-0.2, -0.15) is 0 Å². The highest BCUT2D eigenvalue weighted by Gasteiger charge is 2.36. The fourth-order valence-electron chi connectivity index (χ4n) is 3.27. The second-order valence-corrected chi connectivity index (χ2v) is 7.32. The van der Waals surface area contributed by atoms with Crippen molar-refractivity contribution in [3.63, 3.8) is 0 Å². The normalized spacial score (nSPS) is 28.0. The van der Waals surface area contributed by atoms with Crippen LogP contribution in [-0.4, -0.2) is 24.0 Å². The molecule has 1 saturated carbocycles. The van der Waals surface area contributed by atoms with Gasteiger partial charge in [-0.05, 0) is 50.9 Å². The summed E-state index contributed by atoms with van der Waals surface area (Å²) in [6, 6.07) is -0.577. The molecule has 0 aromatic heterocycles. The van der Waals surface area contributed by atoms with E-state index in [1.807, 2.05) is 13.8 Å². The first-order valence-corrected chi connectivity index (χ1v) is 8.77. The molecular weight excluding hydrogens is 278 g/mol. The van der Waals surface area contributed by atoms with Crippen molar-refractivity contribution in [1.82, 2.24) is 5.32 Å². The molecule has 1 unspecified atom stereocenters. The Morgan fingerprint density at radius 3 is 2.36 bits per heavy atom. The van der Waals surface area contributed by atoms with Gasteiger partial charge in [-0.3, -0.25) is 4.79 Å². The van der Waals surface area contributed by atoms with E-state index < -0.39 is 6.04 Å². The van der Waals surface area contributed by atoms with Crippen LogP contribution in [0.3, 0.4) is 0 Å². The van der Waals surface area contributed by atoms with E-state index in [1.165, 1.54) is 6.42 Å². The highest BCUT2D eigenvalue weighted by atomic mass is 16.5. The van der Waals surface area contributed by atoms with Gasteiger partial charge in [-0.15, -0.1) is 0 Å². The zero-order valence-electron chi connectivity index (χ0n) is 15.0. The lowest BCUT2D eigenvalue weighted by molar-refractivity contribution is -0.152. The molecule has 0 spiro atoms. The summed E-state index contributed by atoms with van der Waals surface area (Å²) in [4.78, 5) is 24.6. The van der Waals surface area contributed by atoms with Crippen molar-refractivity contribution < 1.29 is 14.3 Å². The van der Waals surface area contributed by atoms with Crippen molar-refractivity contribution in [1.29, 1.82) is 0 Å². The first-order chi connectivity index (χ1) is 10.3. The van der Waals surface area contributed by atoms with Gasteiger partial charge in [0.25, 0.3) is 0 Å². The molecule has 1 amide bonds. The molecule has 5 atom stereocenters. The van der Waals surface area contributed by atoms with E-state index >= 15 is 0 Å². The monoisotopic (exact) mass is 311 g/mol. The topological polar surface area (TPSA) is 55.4 Å². The largest absolute Gasteiger partial charge is 0.461 e. The second-order valence-electron chi connectivity index (χ2n) is 7.32. The molecule has 0 aromatic rings. The molecular formula is C18H33NO3. The standard InChI is InChI=1S/C18H33NO3/c1-7-13(5)22-18(21)14(6)19-17(20)16-10-12(4)8-9-15(16)11(2)3/h11-16H,7-10H2,1-6H3,(H,19,20)/t12-,13?,14-,15+,16-/m1/s1. The Kier molecular flexibility index (Phi) is 7.37. The number of ether oxygens (including phenoxy) is 1. The smallest absolute Gasteiger partial charge is 0.328 e. The van der Waals surface area contributed by atoms with Crippen molar-refractivity contribution in [2.75, 3.05) is 0 Å². The van der Waals surface area contributed by atoms with Gasteiger partial charge in [-0.1, -0.05) is 34.1 Å². The van der Waals surface area contributed by atoms with Crippen LogP contribution in [0.1, 0.15) is 67.2 Å². The molecule has 1 fully saturated rings. The van der Waals surface area contributed by atoms with E-state index in [9.17, 15) is 9.59 Å². The molecule has 1 rings (SSSR count). The van der Waals surface area contributed by atoms with Crippen LogP contribution >= 0.6 is 0 Å². The fraction of sp³-hybridized carbons (Fsp3) is 0.889. The van der Waals surface area contributed by atoms with Gasteiger partial charge in [0.15, 0.2) is 0 Å². The minimum absolute atomic E-state index is 0.0128. The average molecular weight is 311 g/mol. The third-order valence-electron chi connectivity index (χ3n) is 4.96. The number of hydrogen-bond donors (Lipinski definition) is 1. The molecule has 0 heterocycles. The Morgan fingerprint density at radius 2 is 1.82 bits per heavy atom.